The summed E-state index contributed by atoms with van der Waals surface area (Å²) in [6.45, 7) is 2.48. The van der Waals surface area contributed by atoms with Crippen molar-refractivity contribution in [2.24, 2.45) is 0 Å². The zero-order chi connectivity index (χ0) is 18.0. The molecule has 3 rings (SSSR count). The SMILES string of the molecule is Cc1cccc(S(=O)(=O)N2Cc3ccc(/C=C/C(=O)NO)cc3C2)c1. The minimum absolute atomic E-state index is 0.291. The Morgan fingerprint density at radius 3 is 2.64 bits per heavy atom. The van der Waals surface area contributed by atoms with E-state index in [0.29, 0.717) is 18.0 Å². The van der Waals surface area contributed by atoms with Crippen LogP contribution in [0.3, 0.4) is 0 Å². The summed E-state index contributed by atoms with van der Waals surface area (Å²) in [4.78, 5) is 11.3. The number of hydrogen-bond donors (Lipinski definition) is 2. The molecule has 0 spiro atoms. The Kier molecular flexibility index (Phi) is 4.71. The first-order valence-corrected chi connectivity index (χ1v) is 9.15. The number of fused-ring (bicyclic) bond motifs is 1. The summed E-state index contributed by atoms with van der Waals surface area (Å²) in [5.74, 6) is -0.621. The molecule has 0 atom stereocenters. The van der Waals surface area contributed by atoms with Gasteiger partial charge in [-0.3, -0.25) is 10.0 Å². The molecule has 130 valence electrons. The monoisotopic (exact) mass is 358 g/mol. The lowest BCUT2D eigenvalue weighted by molar-refractivity contribution is -0.124. The smallest absolute Gasteiger partial charge is 0.267 e. The molecular weight excluding hydrogens is 340 g/mol. The van der Waals surface area contributed by atoms with Crippen molar-refractivity contribution in [1.29, 1.82) is 0 Å². The van der Waals surface area contributed by atoms with Crippen LogP contribution in [0, 0.1) is 6.92 Å². The van der Waals surface area contributed by atoms with Gasteiger partial charge in [0.2, 0.25) is 10.0 Å². The van der Waals surface area contributed by atoms with Crippen molar-refractivity contribution in [2.75, 3.05) is 0 Å². The Hall–Kier alpha value is -2.48. The van der Waals surface area contributed by atoms with Crippen LogP contribution in [-0.2, 0) is 27.9 Å². The molecule has 0 fully saturated rings. The standard InChI is InChI=1S/C18H18N2O4S/c1-13-3-2-4-17(9-13)25(23,24)20-11-15-7-5-14(10-16(15)12-20)6-8-18(21)19-22/h2-10,22H,11-12H2,1H3,(H,19,21)/b8-6+. The molecule has 7 heteroatoms. The number of carbonyl (C=O) groups is 1. The Morgan fingerprint density at radius 1 is 1.16 bits per heavy atom. The normalized spacial score (nSPS) is 14.6. The highest BCUT2D eigenvalue weighted by Crippen LogP contribution is 2.29. The molecule has 0 saturated heterocycles. The van der Waals surface area contributed by atoms with Gasteiger partial charge >= 0.3 is 0 Å². The Balaban J connectivity index is 1.84. The third-order valence-corrected chi connectivity index (χ3v) is 5.88. The number of nitrogens with one attached hydrogen (secondary N) is 1. The Labute approximate surface area is 146 Å². The number of carbonyl (C=O) groups excluding carboxylic acids is 1. The first kappa shape index (κ1) is 17.3. The van der Waals surface area contributed by atoms with E-state index in [-0.39, 0.29) is 0 Å². The molecule has 0 aromatic heterocycles. The molecule has 0 saturated carbocycles. The maximum Gasteiger partial charge on any atom is 0.267 e. The van der Waals surface area contributed by atoms with Crippen LogP contribution in [-0.4, -0.2) is 23.8 Å². The fourth-order valence-electron chi connectivity index (χ4n) is 2.79. The largest absolute Gasteiger partial charge is 0.288 e. The fraction of sp³-hybridized carbons (Fsp3) is 0.167. The number of aryl methyl sites for hydroxylation is 1. The van der Waals surface area contributed by atoms with Crippen molar-refractivity contribution in [3.63, 3.8) is 0 Å². The fourth-order valence-corrected chi connectivity index (χ4v) is 4.29. The molecule has 0 aliphatic carbocycles. The van der Waals surface area contributed by atoms with E-state index in [9.17, 15) is 13.2 Å². The third-order valence-electron chi connectivity index (χ3n) is 4.09. The van der Waals surface area contributed by atoms with Gasteiger partial charge in [0.1, 0.15) is 0 Å². The number of hydroxylamine groups is 1. The van der Waals surface area contributed by atoms with Crippen LogP contribution < -0.4 is 5.48 Å². The van der Waals surface area contributed by atoms with E-state index in [4.69, 9.17) is 5.21 Å². The molecule has 25 heavy (non-hydrogen) atoms. The zero-order valence-corrected chi connectivity index (χ0v) is 14.5. The quantitative estimate of drug-likeness (QED) is 0.498. The number of amides is 1. The van der Waals surface area contributed by atoms with Gasteiger partial charge in [-0.1, -0.05) is 30.3 Å². The van der Waals surface area contributed by atoms with E-state index in [1.165, 1.54) is 15.9 Å². The van der Waals surface area contributed by atoms with E-state index in [1.807, 2.05) is 31.2 Å². The lowest BCUT2D eigenvalue weighted by Crippen LogP contribution is -2.25. The van der Waals surface area contributed by atoms with Gasteiger partial charge in [-0.25, -0.2) is 13.9 Å². The van der Waals surface area contributed by atoms with E-state index in [1.54, 1.807) is 24.3 Å². The number of benzene rings is 2. The molecule has 2 N–H and O–H groups in total. The van der Waals surface area contributed by atoms with Crippen molar-refractivity contribution in [3.8, 4) is 0 Å². The molecule has 6 nitrogen and oxygen atoms in total. The molecule has 1 heterocycles. The predicted octanol–water partition coefficient (Wildman–Crippen LogP) is 2.22. The first-order chi connectivity index (χ1) is 11.9. The van der Waals surface area contributed by atoms with Crippen molar-refractivity contribution in [1.82, 2.24) is 9.79 Å². The highest BCUT2D eigenvalue weighted by Gasteiger charge is 2.30. The van der Waals surface area contributed by atoms with Gasteiger partial charge < -0.3 is 0 Å². The topological polar surface area (TPSA) is 86.7 Å². The van der Waals surface area contributed by atoms with Gasteiger partial charge in [-0.05, 0) is 47.4 Å². The van der Waals surface area contributed by atoms with Gasteiger partial charge in [0, 0.05) is 19.2 Å². The second-order valence-corrected chi connectivity index (χ2v) is 7.87. The maximum atomic E-state index is 12.8. The maximum absolute atomic E-state index is 12.8. The van der Waals surface area contributed by atoms with E-state index in [0.717, 1.165) is 22.3 Å². The van der Waals surface area contributed by atoms with Crippen LogP contribution in [0.2, 0.25) is 0 Å². The lowest BCUT2D eigenvalue weighted by Gasteiger charge is -2.15. The number of nitrogens with zero attached hydrogens (tertiary/aromatic N) is 1. The number of rotatable bonds is 4. The van der Waals surface area contributed by atoms with Gasteiger partial charge in [-0.15, -0.1) is 0 Å². The van der Waals surface area contributed by atoms with Gasteiger partial charge in [-0.2, -0.15) is 4.31 Å². The second kappa shape index (κ2) is 6.79. The van der Waals surface area contributed by atoms with Crippen LogP contribution in [0.15, 0.2) is 53.4 Å². The van der Waals surface area contributed by atoms with Crippen molar-refractivity contribution >= 4 is 22.0 Å². The van der Waals surface area contributed by atoms with Gasteiger partial charge in [0.05, 0.1) is 4.90 Å². The molecule has 0 radical (unpaired) electrons. The van der Waals surface area contributed by atoms with Crippen LogP contribution >= 0.6 is 0 Å². The van der Waals surface area contributed by atoms with Crippen LogP contribution in [0.5, 0.6) is 0 Å². The number of sulfonamides is 1. The van der Waals surface area contributed by atoms with Gasteiger partial charge in [0.25, 0.3) is 5.91 Å². The summed E-state index contributed by atoms with van der Waals surface area (Å²) in [7, 11) is -3.55. The van der Waals surface area contributed by atoms with Gasteiger partial charge in [0.15, 0.2) is 0 Å². The Morgan fingerprint density at radius 2 is 1.92 bits per heavy atom. The Bertz CT molecular complexity index is 951. The van der Waals surface area contributed by atoms with Crippen molar-refractivity contribution < 1.29 is 18.4 Å². The summed E-state index contributed by atoms with van der Waals surface area (Å²) in [6.07, 6.45) is 2.77. The van der Waals surface area contributed by atoms with E-state index >= 15 is 0 Å². The predicted molar refractivity (Wildman–Crippen MR) is 93.0 cm³/mol. The van der Waals surface area contributed by atoms with Crippen LogP contribution in [0.25, 0.3) is 6.08 Å². The summed E-state index contributed by atoms with van der Waals surface area (Å²) >= 11 is 0. The van der Waals surface area contributed by atoms with Crippen molar-refractivity contribution in [2.45, 2.75) is 24.9 Å². The average molecular weight is 358 g/mol. The second-order valence-electron chi connectivity index (χ2n) is 5.93. The molecule has 2 aromatic rings. The highest BCUT2D eigenvalue weighted by atomic mass is 32.2. The average Bonchev–Trinajstić information content (AvgIpc) is 3.03. The molecule has 1 aliphatic rings. The molecule has 2 aromatic carbocycles. The molecule has 0 unspecified atom stereocenters. The lowest BCUT2D eigenvalue weighted by atomic mass is 10.1. The summed E-state index contributed by atoms with van der Waals surface area (Å²) in [5, 5.41) is 8.50. The summed E-state index contributed by atoms with van der Waals surface area (Å²) < 4.78 is 27.1. The molecule has 0 bridgehead atoms. The van der Waals surface area contributed by atoms with Crippen LogP contribution in [0.4, 0.5) is 0 Å². The van der Waals surface area contributed by atoms with E-state index in [2.05, 4.69) is 0 Å². The zero-order valence-electron chi connectivity index (χ0n) is 13.6. The third kappa shape index (κ3) is 3.63. The highest BCUT2D eigenvalue weighted by molar-refractivity contribution is 7.89. The first-order valence-electron chi connectivity index (χ1n) is 7.71. The molecular formula is C18H18N2O4S. The number of hydrogen-bond acceptors (Lipinski definition) is 4. The molecule has 1 amide bonds. The molecule has 1 aliphatic heterocycles. The van der Waals surface area contributed by atoms with Crippen LogP contribution in [0.1, 0.15) is 22.3 Å². The van der Waals surface area contributed by atoms with Crippen molar-refractivity contribution in [3.05, 3.63) is 70.8 Å². The van der Waals surface area contributed by atoms with E-state index < -0.39 is 15.9 Å². The minimum Gasteiger partial charge on any atom is -0.288 e. The minimum atomic E-state index is -3.55. The summed E-state index contributed by atoms with van der Waals surface area (Å²) in [6, 6.07) is 12.4. The summed E-state index contributed by atoms with van der Waals surface area (Å²) in [5.41, 5.74) is 5.03.